The van der Waals surface area contributed by atoms with Crippen LogP contribution in [-0.2, 0) is 4.79 Å². The predicted molar refractivity (Wildman–Crippen MR) is 81.0 cm³/mol. The summed E-state index contributed by atoms with van der Waals surface area (Å²) in [7, 11) is 0. The van der Waals surface area contributed by atoms with Crippen LogP contribution in [0.4, 0.5) is 9.18 Å². The van der Waals surface area contributed by atoms with E-state index in [-0.39, 0.29) is 36.3 Å². The molecule has 2 fully saturated rings. The Labute approximate surface area is 132 Å². The van der Waals surface area contributed by atoms with Crippen molar-refractivity contribution in [3.8, 4) is 11.3 Å². The number of pyridine rings is 1. The Balaban J connectivity index is 1.50. The maximum absolute atomic E-state index is 12.9. The molecule has 1 saturated heterocycles. The molecule has 1 N–H and O–H groups in total. The average Bonchev–Trinajstić information content (AvgIpc) is 3.27. The molecule has 2 heterocycles. The van der Waals surface area contributed by atoms with Gasteiger partial charge in [-0.25, -0.2) is 9.18 Å². The van der Waals surface area contributed by atoms with Crippen LogP contribution in [0.1, 0.15) is 17.9 Å². The molecule has 2 aliphatic rings. The number of benzene rings is 1. The first-order valence-electron chi connectivity index (χ1n) is 7.45. The van der Waals surface area contributed by atoms with E-state index in [1.165, 1.54) is 17.0 Å². The first-order chi connectivity index (χ1) is 11.1. The largest absolute Gasteiger partial charge is 0.329 e. The fraction of sp³-hybridized carbons (Fsp3) is 0.235. The van der Waals surface area contributed by atoms with Crippen molar-refractivity contribution < 1.29 is 14.0 Å². The van der Waals surface area contributed by atoms with E-state index >= 15 is 0 Å². The van der Waals surface area contributed by atoms with Crippen molar-refractivity contribution in [1.82, 2.24) is 15.2 Å². The van der Waals surface area contributed by atoms with Crippen LogP contribution in [-0.4, -0.2) is 34.4 Å². The van der Waals surface area contributed by atoms with Gasteiger partial charge in [-0.1, -0.05) is 6.07 Å². The summed E-state index contributed by atoms with van der Waals surface area (Å²) < 4.78 is 12.9. The van der Waals surface area contributed by atoms with Gasteiger partial charge < -0.3 is 5.32 Å². The lowest BCUT2D eigenvalue weighted by Crippen LogP contribution is -2.33. The molecule has 116 valence electrons. The van der Waals surface area contributed by atoms with E-state index in [2.05, 4.69) is 10.3 Å². The van der Waals surface area contributed by atoms with Gasteiger partial charge in [0.05, 0.1) is 12.2 Å². The monoisotopic (exact) mass is 311 g/mol. The van der Waals surface area contributed by atoms with Crippen molar-refractivity contribution in [1.29, 1.82) is 0 Å². The molecule has 0 bridgehead atoms. The Kier molecular flexibility index (Phi) is 3.11. The number of imide groups is 1. The molecule has 2 atom stereocenters. The zero-order valence-corrected chi connectivity index (χ0v) is 12.2. The third kappa shape index (κ3) is 2.46. The molecule has 6 heteroatoms. The molecule has 1 saturated carbocycles. The lowest BCUT2D eigenvalue weighted by molar-refractivity contribution is -0.125. The maximum atomic E-state index is 12.9. The average molecular weight is 311 g/mol. The van der Waals surface area contributed by atoms with Crippen LogP contribution in [0.2, 0.25) is 0 Å². The second-order valence-electron chi connectivity index (χ2n) is 5.82. The SMILES string of the molecule is O=C1CNC(=O)N1[C@@H]1C[C@H]1c1ccc(-c2ccc(F)cc2)nc1. The fourth-order valence-corrected chi connectivity index (χ4v) is 3.01. The number of nitrogens with one attached hydrogen (secondary N) is 1. The van der Waals surface area contributed by atoms with Crippen molar-refractivity contribution >= 4 is 11.9 Å². The molecule has 5 nitrogen and oxygen atoms in total. The second kappa shape index (κ2) is 5.15. The molecular formula is C17H14FN3O2. The highest BCUT2D eigenvalue weighted by Gasteiger charge is 2.49. The Bertz CT molecular complexity index is 757. The summed E-state index contributed by atoms with van der Waals surface area (Å²) in [6.45, 7) is 0.0871. The molecule has 1 aromatic carbocycles. The highest BCUT2D eigenvalue weighted by molar-refractivity contribution is 6.02. The summed E-state index contributed by atoms with van der Waals surface area (Å²) in [5, 5.41) is 2.54. The highest BCUT2D eigenvalue weighted by atomic mass is 19.1. The van der Waals surface area contributed by atoms with Gasteiger partial charge in [-0.05, 0) is 42.3 Å². The van der Waals surface area contributed by atoms with Crippen LogP contribution in [0, 0.1) is 5.82 Å². The van der Waals surface area contributed by atoms with Gasteiger partial charge >= 0.3 is 6.03 Å². The number of hydrogen-bond acceptors (Lipinski definition) is 3. The molecule has 1 aliphatic heterocycles. The van der Waals surface area contributed by atoms with Crippen LogP contribution in [0.3, 0.4) is 0 Å². The van der Waals surface area contributed by atoms with Gasteiger partial charge in [0.2, 0.25) is 5.91 Å². The fourth-order valence-electron chi connectivity index (χ4n) is 3.01. The number of amides is 3. The summed E-state index contributed by atoms with van der Waals surface area (Å²) in [4.78, 5) is 29.1. The molecule has 4 rings (SSSR count). The van der Waals surface area contributed by atoms with E-state index in [0.29, 0.717) is 0 Å². The van der Waals surface area contributed by atoms with E-state index in [9.17, 15) is 14.0 Å². The van der Waals surface area contributed by atoms with Crippen LogP contribution < -0.4 is 5.32 Å². The first kappa shape index (κ1) is 13.9. The van der Waals surface area contributed by atoms with E-state index in [4.69, 9.17) is 0 Å². The van der Waals surface area contributed by atoms with Gasteiger partial charge in [-0.2, -0.15) is 0 Å². The number of halogens is 1. The molecule has 0 radical (unpaired) electrons. The van der Waals surface area contributed by atoms with E-state index in [1.807, 2.05) is 12.1 Å². The van der Waals surface area contributed by atoms with Crippen molar-refractivity contribution in [2.45, 2.75) is 18.4 Å². The van der Waals surface area contributed by atoms with Crippen molar-refractivity contribution in [2.75, 3.05) is 6.54 Å². The zero-order valence-electron chi connectivity index (χ0n) is 12.2. The Morgan fingerprint density at radius 1 is 1.13 bits per heavy atom. The van der Waals surface area contributed by atoms with Crippen LogP contribution in [0.25, 0.3) is 11.3 Å². The van der Waals surface area contributed by atoms with E-state index in [0.717, 1.165) is 23.2 Å². The van der Waals surface area contributed by atoms with Crippen LogP contribution >= 0.6 is 0 Å². The van der Waals surface area contributed by atoms with Gasteiger partial charge in [0.1, 0.15) is 5.82 Å². The topological polar surface area (TPSA) is 62.3 Å². The summed E-state index contributed by atoms with van der Waals surface area (Å²) in [6, 6.07) is 9.63. The standard InChI is InChI=1S/C17H14FN3O2/c18-12-4-1-10(2-5-12)14-6-3-11(8-19-14)13-7-15(13)21-16(22)9-20-17(21)23/h1-6,8,13,15H,7,9H2,(H,20,23)/t13-,15+/m0/s1. The number of rotatable bonds is 3. The van der Waals surface area contributed by atoms with Crippen molar-refractivity contribution in [3.63, 3.8) is 0 Å². The number of nitrogens with zero attached hydrogens (tertiary/aromatic N) is 2. The molecule has 3 amide bonds. The third-order valence-electron chi connectivity index (χ3n) is 4.32. The smallest absolute Gasteiger partial charge is 0.324 e. The lowest BCUT2D eigenvalue weighted by atomic mass is 10.1. The predicted octanol–water partition coefficient (Wildman–Crippen LogP) is 2.30. The van der Waals surface area contributed by atoms with E-state index in [1.54, 1.807) is 18.3 Å². The van der Waals surface area contributed by atoms with Gasteiger partial charge in [-0.15, -0.1) is 0 Å². The Hall–Kier alpha value is -2.76. The summed E-state index contributed by atoms with van der Waals surface area (Å²) in [6.07, 6.45) is 2.54. The van der Waals surface area contributed by atoms with Crippen LogP contribution in [0.5, 0.6) is 0 Å². The van der Waals surface area contributed by atoms with Gasteiger partial charge in [-0.3, -0.25) is 14.7 Å². The Morgan fingerprint density at radius 2 is 1.91 bits per heavy atom. The summed E-state index contributed by atoms with van der Waals surface area (Å²) in [5.74, 6) is -0.296. The lowest BCUT2D eigenvalue weighted by Gasteiger charge is -2.12. The van der Waals surface area contributed by atoms with Gasteiger partial charge in [0, 0.05) is 23.7 Å². The molecule has 2 aromatic rings. The van der Waals surface area contributed by atoms with Crippen molar-refractivity contribution in [3.05, 3.63) is 54.0 Å². The minimum Gasteiger partial charge on any atom is -0.329 e. The first-order valence-corrected chi connectivity index (χ1v) is 7.45. The molecule has 0 spiro atoms. The van der Waals surface area contributed by atoms with Crippen LogP contribution in [0.15, 0.2) is 42.6 Å². The van der Waals surface area contributed by atoms with Gasteiger partial charge in [0.15, 0.2) is 0 Å². The Morgan fingerprint density at radius 3 is 2.52 bits per heavy atom. The van der Waals surface area contributed by atoms with E-state index < -0.39 is 0 Å². The number of hydrogen-bond donors (Lipinski definition) is 1. The molecule has 0 unspecified atom stereocenters. The second-order valence-corrected chi connectivity index (χ2v) is 5.82. The van der Waals surface area contributed by atoms with Gasteiger partial charge in [0.25, 0.3) is 0 Å². The highest BCUT2D eigenvalue weighted by Crippen LogP contribution is 2.45. The third-order valence-corrected chi connectivity index (χ3v) is 4.32. The molecule has 1 aliphatic carbocycles. The molecular weight excluding hydrogens is 297 g/mol. The number of carbonyl (C=O) groups is 2. The minimum atomic E-state index is -0.307. The summed E-state index contributed by atoms with van der Waals surface area (Å²) >= 11 is 0. The quantitative estimate of drug-likeness (QED) is 0.885. The summed E-state index contributed by atoms with van der Waals surface area (Å²) in [5.41, 5.74) is 2.62. The number of aromatic nitrogens is 1. The molecule has 1 aromatic heterocycles. The maximum Gasteiger partial charge on any atom is 0.324 e. The number of urea groups is 1. The van der Waals surface area contributed by atoms with Crippen molar-refractivity contribution in [2.24, 2.45) is 0 Å². The molecule has 23 heavy (non-hydrogen) atoms. The minimum absolute atomic E-state index is 0.0662. The zero-order chi connectivity index (χ0) is 16.0. The number of carbonyl (C=O) groups excluding carboxylic acids is 2. The normalized spacial score (nSPS) is 23.1.